The zero-order valence-corrected chi connectivity index (χ0v) is 15.9. The minimum Gasteiger partial charge on any atom is -0.507 e. The molecule has 8 heteroatoms. The van der Waals surface area contributed by atoms with Gasteiger partial charge in [0.25, 0.3) is 0 Å². The lowest BCUT2D eigenvalue weighted by molar-refractivity contribution is 0.482. The predicted molar refractivity (Wildman–Crippen MR) is 116 cm³/mol. The molecule has 2 aromatic heterocycles. The Morgan fingerprint density at radius 1 is 1.03 bits per heavy atom. The summed E-state index contributed by atoms with van der Waals surface area (Å²) in [6, 6.07) is 16.4. The number of fused-ring (bicyclic) bond motifs is 2. The van der Waals surface area contributed by atoms with Gasteiger partial charge >= 0.3 is 5.76 Å². The topological polar surface area (TPSA) is 116 Å². The first kappa shape index (κ1) is 17.7. The van der Waals surface area contributed by atoms with Gasteiger partial charge in [0.2, 0.25) is 5.95 Å². The molecule has 8 nitrogen and oxygen atoms in total. The third kappa shape index (κ3) is 3.30. The molecule has 0 saturated carbocycles. The Balaban J connectivity index is 1.45. The van der Waals surface area contributed by atoms with Crippen LogP contribution in [0.25, 0.3) is 21.9 Å². The van der Waals surface area contributed by atoms with Crippen molar-refractivity contribution in [1.82, 2.24) is 15.0 Å². The molecule has 0 fully saturated rings. The lowest BCUT2D eigenvalue weighted by Gasteiger charge is -2.12. The van der Waals surface area contributed by atoms with Crippen LogP contribution in [-0.2, 0) is 0 Å². The number of nitrogens with one attached hydrogen (secondary N) is 3. The zero-order chi connectivity index (χ0) is 20.7. The summed E-state index contributed by atoms with van der Waals surface area (Å²) in [7, 11) is 0. The van der Waals surface area contributed by atoms with Crippen LogP contribution in [0, 0.1) is 6.92 Å². The van der Waals surface area contributed by atoms with E-state index in [1.165, 1.54) is 0 Å². The maximum absolute atomic E-state index is 11.3. The molecule has 4 N–H and O–H groups in total. The summed E-state index contributed by atoms with van der Waals surface area (Å²) in [5.74, 6) is 0.687. The smallest absolute Gasteiger partial charge is 0.417 e. The molecule has 0 bridgehead atoms. The maximum Gasteiger partial charge on any atom is 0.417 e. The van der Waals surface area contributed by atoms with Crippen molar-refractivity contribution in [3.05, 3.63) is 76.9 Å². The highest BCUT2D eigenvalue weighted by Gasteiger charge is 2.09. The summed E-state index contributed by atoms with van der Waals surface area (Å²) >= 11 is 0. The van der Waals surface area contributed by atoms with Gasteiger partial charge in [-0.05, 0) is 36.6 Å². The molecule has 0 radical (unpaired) electrons. The molecule has 0 spiro atoms. The number of aromatic hydroxyl groups is 1. The SMILES string of the molecule is Cc1cnc(Nc2cc(O)c3ccccc3c2)nc1Nc1ccc2oc(=O)[nH]c2c1. The van der Waals surface area contributed by atoms with Gasteiger partial charge in [0.05, 0.1) is 5.52 Å². The first-order chi connectivity index (χ1) is 14.5. The summed E-state index contributed by atoms with van der Waals surface area (Å²) in [5, 5.41) is 18.4. The fourth-order valence-electron chi connectivity index (χ4n) is 3.29. The first-order valence-corrected chi connectivity index (χ1v) is 9.27. The van der Waals surface area contributed by atoms with Gasteiger partial charge in [-0.3, -0.25) is 4.98 Å². The third-order valence-corrected chi connectivity index (χ3v) is 4.75. The Labute approximate surface area is 170 Å². The minimum absolute atomic E-state index is 0.184. The fraction of sp³-hybridized carbons (Fsp3) is 0.0455. The molecule has 5 aromatic rings. The number of nitrogens with zero attached hydrogens (tertiary/aromatic N) is 2. The third-order valence-electron chi connectivity index (χ3n) is 4.75. The molecular weight excluding hydrogens is 382 g/mol. The highest BCUT2D eigenvalue weighted by molar-refractivity contribution is 5.91. The van der Waals surface area contributed by atoms with E-state index < -0.39 is 5.76 Å². The number of hydrogen-bond acceptors (Lipinski definition) is 7. The summed E-state index contributed by atoms with van der Waals surface area (Å²) < 4.78 is 5.03. The number of hydrogen-bond donors (Lipinski definition) is 4. The second-order valence-corrected chi connectivity index (χ2v) is 6.92. The maximum atomic E-state index is 11.3. The largest absolute Gasteiger partial charge is 0.507 e. The van der Waals surface area contributed by atoms with Crippen LogP contribution in [0.15, 0.2) is 70.0 Å². The lowest BCUT2D eigenvalue weighted by atomic mass is 10.1. The molecule has 30 heavy (non-hydrogen) atoms. The lowest BCUT2D eigenvalue weighted by Crippen LogP contribution is -2.03. The van der Waals surface area contributed by atoms with Gasteiger partial charge in [0.15, 0.2) is 5.58 Å². The minimum atomic E-state index is -0.495. The van der Waals surface area contributed by atoms with Crippen LogP contribution in [0.4, 0.5) is 23.1 Å². The number of anilines is 4. The molecule has 5 rings (SSSR count). The Kier molecular flexibility index (Phi) is 4.10. The molecule has 0 aliphatic heterocycles. The molecule has 3 aromatic carbocycles. The van der Waals surface area contributed by atoms with Crippen molar-refractivity contribution in [2.45, 2.75) is 6.92 Å². The molecule has 0 aliphatic carbocycles. The fourth-order valence-corrected chi connectivity index (χ4v) is 3.29. The second-order valence-electron chi connectivity index (χ2n) is 6.92. The Hall–Kier alpha value is -4.33. The van der Waals surface area contributed by atoms with Crippen molar-refractivity contribution in [2.75, 3.05) is 10.6 Å². The highest BCUT2D eigenvalue weighted by atomic mass is 16.4. The second kappa shape index (κ2) is 6.93. The van der Waals surface area contributed by atoms with Crippen molar-refractivity contribution in [3.8, 4) is 5.75 Å². The number of phenolic OH excluding ortho intramolecular Hbond substituents is 1. The quantitative estimate of drug-likeness (QED) is 0.350. The van der Waals surface area contributed by atoms with Crippen LogP contribution in [0.1, 0.15) is 5.56 Å². The van der Waals surface area contributed by atoms with Crippen LogP contribution >= 0.6 is 0 Å². The Morgan fingerprint density at radius 3 is 2.80 bits per heavy atom. The predicted octanol–water partition coefficient (Wildman–Crippen LogP) is 4.57. The van der Waals surface area contributed by atoms with Gasteiger partial charge in [-0.1, -0.05) is 24.3 Å². The van der Waals surface area contributed by atoms with Gasteiger partial charge < -0.3 is 20.2 Å². The zero-order valence-electron chi connectivity index (χ0n) is 15.9. The number of oxazole rings is 1. The van der Waals surface area contributed by atoms with Gasteiger partial charge in [-0.25, -0.2) is 9.78 Å². The molecule has 2 heterocycles. The van der Waals surface area contributed by atoms with Crippen LogP contribution < -0.4 is 16.4 Å². The Morgan fingerprint density at radius 2 is 1.90 bits per heavy atom. The molecule has 148 valence electrons. The van der Waals surface area contributed by atoms with Crippen molar-refractivity contribution in [2.24, 2.45) is 0 Å². The van der Waals surface area contributed by atoms with Crippen molar-refractivity contribution in [3.63, 3.8) is 0 Å². The monoisotopic (exact) mass is 399 g/mol. The number of phenols is 1. The van der Waals surface area contributed by atoms with Gasteiger partial charge in [-0.15, -0.1) is 0 Å². The number of aryl methyl sites for hydroxylation is 1. The van der Waals surface area contributed by atoms with Crippen molar-refractivity contribution >= 4 is 45.0 Å². The van der Waals surface area contributed by atoms with Crippen molar-refractivity contribution in [1.29, 1.82) is 0 Å². The van der Waals surface area contributed by atoms with E-state index in [1.807, 2.05) is 37.3 Å². The molecule has 0 saturated heterocycles. The van der Waals surface area contributed by atoms with E-state index in [-0.39, 0.29) is 5.75 Å². The van der Waals surface area contributed by atoms with Gasteiger partial charge in [0.1, 0.15) is 11.6 Å². The van der Waals surface area contributed by atoms with Gasteiger partial charge in [0, 0.05) is 34.6 Å². The van der Waals surface area contributed by atoms with E-state index in [9.17, 15) is 9.90 Å². The summed E-state index contributed by atoms with van der Waals surface area (Å²) in [5.41, 5.74) is 3.36. The molecule has 0 unspecified atom stereocenters. The highest BCUT2D eigenvalue weighted by Crippen LogP contribution is 2.30. The number of aromatic nitrogens is 3. The van der Waals surface area contributed by atoms with E-state index in [2.05, 4.69) is 25.6 Å². The van der Waals surface area contributed by atoms with E-state index >= 15 is 0 Å². The van der Waals surface area contributed by atoms with Crippen LogP contribution in [0.2, 0.25) is 0 Å². The molecule has 0 aliphatic rings. The van der Waals surface area contributed by atoms with Crippen molar-refractivity contribution < 1.29 is 9.52 Å². The summed E-state index contributed by atoms with van der Waals surface area (Å²) in [6.45, 7) is 1.90. The van der Waals surface area contributed by atoms with E-state index in [4.69, 9.17) is 4.42 Å². The normalized spacial score (nSPS) is 11.1. The molecule has 0 amide bonds. The number of benzene rings is 3. The first-order valence-electron chi connectivity index (χ1n) is 9.27. The van der Waals surface area contributed by atoms with E-state index in [1.54, 1.807) is 30.5 Å². The van der Waals surface area contributed by atoms with E-state index in [0.717, 1.165) is 22.0 Å². The number of rotatable bonds is 4. The summed E-state index contributed by atoms with van der Waals surface area (Å²) in [6.07, 6.45) is 1.71. The number of aromatic amines is 1. The average Bonchev–Trinajstić information content (AvgIpc) is 3.10. The molecule has 0 atom stereocenters. The average molecular weight is 399 g/mol. The standard InChI is InChI=1S/C22H17N5O3/c1-12-11-23-21(25-15-8-13-4-2-3-5-16(13)18(28)10-15)27-20(12)24-14-6-7-19-17(9-14)26-22(29)30-19/h2-11,28H,1H3,(H,26,29)(H2,23,24,25,27). The van der Waals surface area contributed by atoms with E-state index in [0.29, 0.717) is 28.6 Å². The van der Waals surface area contributed by atoms with Crippen LogP contribution in [0.3, 0.4) is 0 Å². The Bertz CT molecular complexity index is 1450. The van der Waals surface area contributed by atoms with Gasteiger partial charge in [-0.2, -0.15) is 4.98 Å². The summed E-state index contributed by atoms with van der Waals surface area (Å²) in [4.78, 5) is 22.9. The van der Waals surface area contributed by atoms with Crippen LogP contribution in [-0.4, -0.2) is 20.1 Å². The van der Waals surface area contributed by atoms with Crippen LogP contribution in [0.5, 0.6) is 5.75 Å². The number of H-pyrrole nitrogens is 1. The molecular formula is C22H17N5O3.